The van der Waals surface area contributed by atoms with E-state index < -0.39 is 0 Å². The SMILES string of the molecule is CC1(C)c2cccc(-c3nc(-c4ccccc4)nc(-c4ccccc4)n3)c2-c2ccc3ccccc3c21. The van der Waals surface area contributed by atoms with Crippen LogP contribution in [0.25, 0.3) is 56.1 Å². The number of hydrogen-bond acceptors (Lipinski definition) is 3. The predicted octanol–water partition coefficient (Wildman–Crippen LogP) is 8.33. The van der Waals surface area contributed by atoms with E-state index in [0.717, 1.165) is 16.7 Å². The number of aromatic nitrogens is 3. The van der Waals surface area contributed by atoms with Crippen LogP contribution in [0.2, 0.25) is 0 Å². The average Bonchev–Trinajstić information content (AvgIpc) is 3.20. The molecule has 0 saturated carbocycles. The Labute approximate surface area is 216 Å². The molecule has 176 valence electrons. The third-order valence-electron chi connectivity index (χ3n) is 7.50. The van der Waals surface area contributed by atoms with E-state index in [9.17, 15) is 0 Å². The second kappa shape index (κ2) is 8.21. The lowest BCUT2D eigenvalue weighted by Crippen LogP contribution is -2.15. The standard InChI is InChI=1S/C34H25N3/c1-34(2)28-19-11-18-27(29(28)26-21-20-22-12-9-10-17-25(22)30(26)34)33-36-31(23-13-5-3-6-14-23)35-32(37-33)24-15-7-4-8-16-24/h3-21H,1-2H3. The van der Waals surface area contributed by atoms with Crippen molar-refractivity contribution in [3.8, 4) is 45.3 Å². The fourth-order valence-electron chi connectivity index (χ4n) is 5.77. The summed E-state index contributed by atoms with van der Waals surface area (Å²) in [4.78, 5) is 15.0. The lowest BCUT2D eigenvalue weighted by Gasteiger charge is -2.23. The summed E-state index contributed by atoms with van der Waals surface area (Å²) in [6.45, 7) is 4.65. The Kier molecular flexibility index (Phi) is 4.80. The summed E-state index contributed by atoms with van der Waals surface area (Å²) >= 11 is 0. The van der Waals surface area contributed by atoms with Gasteiger partial charge in [-0.15, -0.1) is 0 Å². The van der Waals surface area contributed by atoms with Gasteiger partial charge in [-0.05, 0) is 33.0 Å². The second-order valence-electron chi connectivity index (χ2n) is 10.1. The summed E-state index contributed by atoms with van der Waals surface area (Å²) in [5.41, 5.74) is 8.00. The first-order valence-corrected chi connectivity index (χ1v) is 12.6. The minimum Gasteiger partial charge on any atom is -0.208 e. The van der Waals surface area contributed by atoms with Crippen molar-refractivity contribution in [2.24, 2.45) is 0 Å². The van der Waals surface area contributed by atoms with Crippen LogP contribution in [0.4, 0.5) is 0 Å². The third-order valence-corrected chi connectivity index (χ3v) is 7.50. The fourth-order valence-corrected chi connectivity index (χ4v) is 5.77. The topological polar surface area (TPSA) is 38.7 Å². The number of rotatable bonds is 3. The van der Waals surface area contributed by atoms with Gasteiger partial charge in [-0.25, -0.2) is 15.0 Å². The van der Waals surface area contributed by atoms with Gasteiger partial charge in [0.15, 0.2) is 17.5 Å². The second-order valence-corrected chi connectivity index (χ2v) is 10.1. The highest BCUT2D eigenvalue weighted by atomic mass is 15.0. The molecule has 0 aliphatic heterocycles. The van der Waals surface area contributed by atoms with Gasteiger partial charge in [0, 0.05) is 22.1 Å². The molecule has 0 unspecified atom stereocenters. The average molecular weight is 476 g/mol. The van der Waals surface area contributed by atoms with E-state index >= 15 is 0 Å². The maximum atomic E-state index is 5.04. The van der Waals surface area contributed by atoms with Crippen LogP contribution in [0.15, 0.2) is 115 Å². The first-order valence-electron chi connectivity index (χ1n) is 12.6. The Morgan fingerprint density at radius 1 is 0.486 bits per heavy atom. The Hall–Kier alpha value is -4.63. The van der Waals surface area contributed by atoms with Gasteiger partial charge in [-0.1, -0.05) is 129 Å². The summed E-state index contributed by atoms with van der Waals surface area (Å²) < 4.78 is 0. The number of nitrogens with zero attached hydrogens (tertiary/aromatic N) is 3. The smallest absolute Gasteiger partial charge is 0.164 e. The van der Waals surface area contributed by atoms with Crippen LogP contribution in [-0.2, 0) is 5.41 Å². The molecule has 1 aromatic heterocycles. The molecule has 0 bridgehead atoms. The molecular formula is C34H25N3. The zero-order valence-electron chi connectivity index (χ0n) is 20.8. The van der Waals surface area contributed by atoms with E-state index in [-0.39, 0.29) is 5.41 Å². The summed E-state index contributed by atoms with van der Waals surface area (Å²) in [6, 6.07) is 40.0. The summed E-state index contributed by atoms with van der Waals surface area (Å²) in [5.74, 6) is 2.05. The normalized spacial score (nSPS) is 13.4. The third kappa shape index (κ3) is 3.39. The lowest BCUT2D eigenvalue weighted by atomic mass is 9.80. The molecule has 0 spiro atoms. The van der Waals surface area contributed by atoms with Gasteiger partial charge in [-0.2, -0.15) is 0 Å². The summed E-state index contributed by atoms with van der Waals surface area (Å²) in [7, 11) is 0. The fraction of sp³-hybridized carbons (Fsp3) is 0.0882. The molecular weight excluding hydrogens is 450 g/mol. The first-order chi connectivity index (χ1) is 18.1. The highest BCUT2D eigenvalue weighted by Gasteiger charge is 2.38. The van der Waals surface area contributed by atoms with Crippen molar-refractivity contribution in [3.05, 3.63) is 126 Å². The molecule has 37 heavy (non-hydrogen) atoms. The molecule has 0 N–H and O–H groups in total. The molecule has 0 saturated heterocycles. The maximum Gasteiger partial charge on any atom is 0.164 e. The molecule has 0 fully saturated rings. The Morgan fingerprint density at radius 2 is 1.08 bits per heavy atom. The van der Waals surface area contributed by atoms with Crippen molar-refractivity contribution >= 4 is 10.8 Å². The molecule has 6 aromatic rings. The zero-order chi connectivity index (χ0) is 25.0. The minimum atomic E-state index is -0.140. The summed E-state index contributed by atoms with van der Waals surface area (Å²) in [6.07, 6.45) is 0. The zero-order valence-corrected chi connectivity index (χ0v) is 20.8. The van der Waals surface area contributed by atoms with Crippen molar-refractivity contribution in [1.82, 2.24) is 15.0 Å². The quantitative estimate of drug-likeness (QED) is 0.258. The monoisotopic (exact) mass is 475 g/mol. The van der Waals surface area contributed by atoms with Crippen molar-refractivity contribution in [1.29, 1.82) is 0 Å². The Morgan fingerprint density at radius 3 is 1.76 bits per heavy atom. The van der Waals surface area contributed by atoms with E-state index in [0.29, 0.717) is 17.5 Å². The number of fused-ring (bicyclic) bond motifs is 5. The van der Waals surface area contributed by atoms with Gasteiger partial charge in [0.25, 0.3) is 0 Å². The van der Waals surface area contributed by atoms with E-state index in [1.807, 2.05) is 60.7 Å². The molecule has 1 aliphatic rings. The van der Waals surface area contributed by atoms with Crippen LogP contribution in [0.5, 0.6) is 0 Å². The molecule has 3 heteroatoms. The van der Waals surface area contributed by atoms with Gasteiger partial charge in [0.2, 0.25) is 0 Å². The predicted molar refractivity (Wildman–Crippen MR) is 151 cm³/mol. The molecule has 3 nitrogen and oxygen atoms in total. The van der Waals surface area contributed by atoms with Crippen molar-refractivity contribution in [2.45, 2.75) is 19.3 Å². The van der Waals surface area contributed by atoms with Crippen LogP contribution < -0.4 is 0 Å². The highest BCUT2D eigenvalue weighted by molar-refractivity contribution is 6.01. The Bertz CT molecular complexity index is 1730. The van der Waals surface area contributed by atoms with Crippen LogP contribution in [0.1, 0.15) is 25.0 Å². The molecule has 0 amide bonds. The molecule has 5 aromatic carbocycles. The molecule has 1 heterocycles. The molecule has 0 radical (unpaired) electrons. The van der Waals surface area contributed by atoms with E-state index in [4.69, 9.17) is 15.0 Å². The van der Waals surface area contributed by atoms with Crippen molar-refractivity contribution in [3.63, 3.8) is 0 Å². The first kappa shape index (κ1) is 21.6. The maximum absolute atomic E-state index is 5.04. The van der Waals surface area contributed by atoms with Gasteiger partial charge in [0.1, 0.15) is 0 Å². The lowest BCUT2D eigenvalue weighted by molar-refractivity contribution is 0.666. The molecule has 0 atom stereocenters. The van der Waals surface area contributed by atoms with Crippen LogP contribution in [0.3, 0.4) is 0 Å². The minimum absolute atomic E-state index is 0.140. The molecule has 7 rings (SSSR count). The van der Waals surface area contributed by atoms with Crippen LogP contribution in [-0.4, -0.2) is 15.0 Å². The van der Waals surface area contributed by atoms with Crippen molar-refractivity contribution < 1.29 is 0 Å². The number of benzene rings is 5. The highest BCUT2D eigenvalue weighted by Crippen LogP contribution is 2.53. The largest absolute Gasteiger partial charge is 0.208 e. The number of hydrogen-bond donors (Lipinski definition) is 0. The van der Waals surface area contributed by atoms with E-state index in [1.54, 1.807) is 0 Å². The summed E-state index contributed by atoms with van der Waals surface area (Å²) in [5, 5.41) is 2.57. The van der Waals surface area contributed by atoms with Gasteiger partial charge in [0.05, 0.1) is 0 Å². The Balaban J connectivity index is 1.52. The van der Waals surface area contributed by atoms with E-state index in [1.165, 1.54) is 33.0 Å². The molecule has 1 aliphatic carbocycles. The van der Waals surface area contributed by atoms with E-state index in [2.05, 4.69) is 68.4 Å². The van der Waals surface area contributed by atoms with Crippen LogP contribution >= 0.6 is 0 Å². The van der Waals surface area contributed by atoms with Gasteiger partial charge < -0.3 is 0 Å². The van der Waals surface area contributed by atoms with Crippen LogP contribution in [0, 0.1) is 0 Å². The van der Waals surface area contributed by atoms with Gasteiger partial charge >= 0.3 is 0 Å². The van der Waals surface area contributed by atoms with Gasteiger partial charge in [-0.3, -0.25) is 0 Å². The van der Waals surface area contributed by atoms with Crippen molar-refractivity contribution in [2.75, 3.05) is 0 Å².